The van der Waals surface area contributed by atoms with Gasteiger partial charge in [-0.25, -0.2) is 4.39 Å². The molecule has 6 nitrogen and oxygen atoms in total. The summed E-state index contributed by atoms with van der Waals surface area (Å²) in [4.78, 5) is 17.1. The molecule has 4 rings (SSSR count). The van der Waals surface area contributed by atoms with Gasteiger partial charge in [-0.1, -0.05) is 42.5 Å². The summed E-state index contributed by atoms with van der Waals surface area (Å²) in [6.45, 7) is 4.36. The molecule has 0 aromatic heterocycles. The van der Waals surface area contributed by atoms with Crippen molar-refractivity contribution in [1.29, 1.82) is 0 Å². The lowest BCUT2D eigenvalue weighted by Gasteiger charge is -2.26. The number of nitrogens with one attached hydrogen (secondary N) is 2. The van der Waals surface area contributed by atoms with Gasteiger partial charge in [0.25, 0.3) is 0 Å². The number of nitrogens with zero attached hydrogens (tertiary/aromatic N) is 2. The maximum absolute atomic E-state index is 13.5. The maximum atomic E-state index is 13.5. The number of amides is 1. The lowest BCUT2D eigenvalue weighted by Crippen LogP contribution is -2.44. The first-order chi connectivity index (χ1) is 15.2. The molecule has 1 amide bonds. The molecule has 2 aliphatic heterocycles. The minimum absolute atomic E-state index is 0.125. The molecule has 2 aliphatic rings. The van der Waals surface area contributed by atoms with Crippen LogP contribution in [0.4, 0.5) is 4.39 Å². The molecule has 7 heteroatoms. The third-order valence-corrected chi connectivity index (χ3v) is 5.89. The van der Waals surface area contributed by atoms with Crippen molar-refractivity contribution >= 4 is 5.91 Å². The van der Waals surface area contributed by atoms with Gasteiger partial charge in [-0.05, 0) is 36.1 Å². The van der Waals surface area contributed by atoms with Gasteiger partial charge >= 0.3 is 0 Å². The van der Waals surface area contributed by atoms with Crippen molar-refractivity contribution in [2.75, 3.05) is 39.3 Å². The topological polar surface area (TPSA) is 56.8 Å². The summed E-state index contributed by atoms with van der Waals surface area (Å²) >= 11 is 0. The van der Waals surface area contributed by atoms with Crippen molar-refractivity contribution in [2.45, 2.75) is 31.6 Å². The lowest BCUT2D eigenvalue weighted by atomic mass is 10.1. The van der Waals surface area contributed by atoms with Crippen LogP contribution in [0.2, 0.25) is 0 Å². The van der Waals surface area contributed by atoms with Crippen LogP contribution in [0.25, 0.3) is 0 Å². The van der Waals surface area contributed by atoms with Gasteiger partial charge in [0.05, 0.1) is 19.3 Å². The van der Waals surface area contributed by atoms with E-state index in [-0.39, 0.29) is 17.8 Å². The Labute approximate surface area is 183 Å². The number of hydrogen-bond acceptors (Lipinski definition) is 5. The first-order valence-corrected chi connectivity index (χ1v) is 11.0. The smallest absolute Gasteiger partial charge is 0.236 e. The first-order valence-electron chi connectivity index (χ1n) is 11.0. The maximum Gasteiger partial charge on any atom is 0.236 e. The highest BCUT2D eigenvalue weighted by Crippen LogP contribution is 2.14. The number of hydrazine groups is 1. The van der Waals surface area contributed by atoms with Gasteiger partial charge in [0.2, 0.25) is 5.91 Å². The van der Waals surface area contributed by atoms with Gasteiger partial charge in [0, 0.05) is 38.8 Å². The second-order valence-electron chi connectivity index (χ2n) is 8.39. The average molecular weight is 427 g/mol. The van der Waals surface area contributed by atoms with Crippen molar-refractivity contribution in [3.63, 3.8) is 0 Å². The first kappa shape index (κ1) is 21.9. The van der Waals surface area contributed by atoms with Crippen LogP contribution in [0.5, 0.6) is 0 Å². The average Bonchev–Trinajstić information content (AvgIpc) is 3.23. The predicted molar refractivity (Wildman–Crippen MR) is 118 cm³/mol. The molecule has 2 heterocycles. The lowest BCUT2D eigenvalue weighted by molar-refractivity contribution is -0.131. The monoisotopic (exact) mass is 426 g/mol. The molecule has 0 saturated carbocycles. The van der Waals surface area contributed by atoms with Gasteiger partial charge in [-0.3, -0.25) is 20.5 Å². The van der Waals surface area contributed by atoms with E-state index in [1.165, 1.54) is 17.7 Å². The van der Waals surface area contributed by atoms with Crippen molar-refractivity contribution in [1.82, 2.24) is 20.7 Å². The number of hydrogen-bond donors (Lipinski definition) is 2. The third-order valence-electron chi connectivity index (χ3n) is 5.89. The van der Waals surface area contributed by atoms with Gasteiger partial charge in [-0.2, -0.15) is 0 Å². The molecule has 2 saturated heterocycles. The molecule has 31 heavy (non-hydrogen) atoms. The quantitative estimate of drug-likeness (QED) is 0.676. The number of benzene rings is 2. The molecule has 2 aromatic rings. The van der Waals surface area contributed by atoms with Crippen LogP contribution in [0, 0.1) is 5.82 Å². The van der Waals surface area contributed by atoms with Crippen molar-refractivity contribution in [3.8, 4) is 0 Å². The molecule has 0 aliphatic carbocycles. The van der Waals surface area contributed by atoms with Gasteiger partial charge < -0.3 is 9.64 Å². The summed E-state index contributed by atoms with van der Waals surface area (Å²) in [7, 11) is 0. The largest absolute Gasteiger partial charge is 0.370 e. The van der Waals surface area contributed by atoms with Crippen LogP contribution in [-0.4, -0.2) is 67.1 Å². The fraction of sp³-hybridized carbons (Fsp3) is 0.458. The molecular weight excluding hydrogens is 395 g/mol. The van der Waals surface area contributed by atoms with Crippen LogP contribution in [0.15, 0.2) is 54.6 Å². The Morgan fingerprint density at radius 3 is 2.68 bits per heavy atom. The molecule has 166 valence electrons. The summed E-state index contributed by atoms with van der Waals surface area (Å²) < 4.78 is 19.7. The summed E-state index contributed by atoms with van der Waals surface area (Å²) in [5.41, 5.74) is 8.46. The number of carbonyl (C=O) groups excluding carboxylic acids is 1. The summed E-state index contributed by atoms with van der Waals surface area (Å²) in [6.07, 6.45) is 1.73. The fourth-order valence-corrected chi connectivity index (χ4v) is 4.24. The predicted octanol–water partition coefficient (Wildman–Crippen LogP) is 1.96. The van der Waals surface area contributed by atoms with E-state index in [0.717, 1.165) is 31.5 Å². The highest BCUT2D eigenvalue weighted by atomic mass is 19.1. The summed E-state index contributed by atoms with van der Waals surface area (Å²) in [6, 6.07) is 17.0. The number of ether oxygens (including phenoxy) is 1. The van der Waals surface area contributed by atoms with E-state index >= 15 is 0 Å². The zero-order valence-corrected chi connectivity index (χ0v) is 17.8. The van der Waals surface area contributed by atoms with Crippen molar-refractivity contribution < 1.29 is 13.9 Å². The van der Waals surface area contributed by atoms with Gasteiger partial charge in [0.15, 0.2) is 0 Å². The van der Waals surface area contributed by atoms with Crippen LogP contribution in [0.3, 0.4) is 0 Å². The Balaban J connectivity index is 1.41. The third kappa shape index (κ3) is 6.58. The molecule has 2 unspecified atom stereocenters. The second kappa shape index (κ2) is 10.8. The zero-order valence-electron chi connectivity index (χ0n) is 17.8. The van der Waals surface area contributed by atoms with E-state index in [4.69, 9.17) is 4.74 Å². The van der Waals surface area contributed by atoms with Gasteiger partial charge in [0.1, 0.15) is 5.82 Å². The molecule has 2 atom stereocenters. The van der Waals surface area contributed by atoms with Gasteiger partial charge in [-0.15, -0.1) is 0 Å². The SMILES string of the molecule is O=C1CN(CC2CCNN2)CC(OCc2cccc(F)c2)CN1CCc1ccccc1. The fourth-order valence-electron chi connectivity index (χ4n) is 4.24. The highest BCUT2D eigenvalue weighted by molar-refractivity contribution is 5.78. The van der Waals surface area contributed by atoms with E-state index in [1.54, 1.807) is 6.07 Å². The summed E-state index contributed by atoms with van der Waals surface area (Å²) in [5.74, 6) is -0.123. The van der Waals surface area contributed by atoms with E-state index in [9.17, 15) is 9.18 Å². The van der Waals surface area contributed by atoms with E-state index in [0.29, 0.717) is 38.8 Å². The van der Waals surface area contributed by atoms with Crippen LogP contribution >= 0.6 is 0 Å². The molecule has 0 bridgehead atoms. The standard InChI is InChI=1S/C24H31FN4O2/c25-21-8-4-7-20(13-21)18-31-23-15-28(14-22-9-11-26-27-22)17-24(30)29(16-23)12-10-19-5-2-1-3-6-19/h1-8,13,22-23,26-27H,9-12,14-18H2. The molecule has 2 fully saturated rings. The molecule has 2 aromatic carbocycles. The number of carbonyl (C=O) groups is 1. The van der Waals surface area contributed by atoms with Crippen molar-refractivity contribution in [3.05, 3.63) is 71.5 Å². The Bertz CT molecular complexity index is 844. The number of halogens is 1. The highest BCUT2D eigenvalue weighted by Gasteiger charge is 2.30. The Kier molecular flexibility index (Phi) is 7.64. The molecule has 0 radical (unpaired) electrons. The Morgan fingerprint density at radius 2 is 1.90 bits per heavy atom. The normalized spacial score (nSPS) is 22.6. The van der Waals surface area contributed by atoms with Crippen LogP contribution < -0.4 is 10.9 Å². The van der Waals surface area contributed by atoms with E-state index < -0.39 is 0 Å². The minimum Gasteiger partial charge on any atom is -0.370 e. The van der Waals surface area contributed by atoms with E-state index in [2.05, 4.69) is 27.9 Å². The second-order valence-corrected chi connectivity index (χ2v) is 8.39. The van der Waals surface area contributed by atoms with Crippen molar-refractivity contribution in [2.24, 2.45) is 0 Å². The Hall–Kier alpha value is -2.32. The van der Waals surface area contributed by atoms with Crippen LogP contribution in [0.1, 0.15) is 17.5 Å². The van der Waals surface area contributed by atoms with Crippen LogP contribution in [-0.2, 0) is 22.6 Å². The minimum atomic E-state index is -0.261. The number of rotatable bonds is 8. The molecule has 0 spiro atoms. The summed E-state index contributed by atoms with van der Waals surface area (Å²) in [5, 5.41) is 0. The Morgan fingerprint density at radius 1 is 1.06 bits per heavy atom. The molecular formula is C24H31FN4O2. The molecule has 2 N–H and O–H groups in total. The van der Waals surface area contributed by atoms with E-state index in [1.807, 2.05) is 29.2 Å². The zero-order chi connectivity index (χ0) is 21.5.